The predicted molar refractivity (Wildman–Crippen MR) is 95.1 cm³/mol. The van der Waals surface area contributed by atoms with E-state index in [0.29, 0.717) is 16.8 Å². The van der Waals surface area contributed by atoms with Crippen molar-refractivity contribution in [2.45, 2.75) is 38.0 Å². The highest BCUT2D eigenvalue weighted by Gasteiger charge is 2.18. The van der Waals surface area contributed by atoms with Crippen LogP contribution in [0.5, 0.6) is 11.5 Å². The summed E-state index contributed by atoms with van der Waals surface area (Å²) in [7, 11) is 1.61. The van der Waals surface area contributed by atoms with Gasteiger partial charge in [-0.15, -0.1) is 11.3 Å². The number of rotatable bonds is 6. The number of nitrogens with zero attached hydrogens (tertiary/aromatic N) is 1. The van der Waals surface area contributed by atoms with Crippen molar-refractivity contribution in [1.29, 1.82) is 0 Å². The Morgan fingerprint density at radius 2 is 1.92 bits per heavy atom. The number of anilines is 1. The van der Waals surface area contributed by atoms with Gasteiger partial charge in [0.05, 0.1) is 12.8 Å². The predicted octanol–water partition coefficient (Wildman–Crippen LogP) is 4.22. The van der Waals surface area contributed by atoms with Crippen molar-refractivity contribution in [3.63, 3.8) is 0 Å². The van der Waals surface area contributed by atoms with Crippen LogP contribution in [0, 0.1) is 0 Å². The summed E-state index contributed by atoms with van der Waals surface area (Å²) in [5.74, 6) is 1.74. The largest absolute Gasteiger partial charge is 0.497 e. The van der Waals surface area contributed by atoms with Crippen LogP contribution in [0.4, 0.5) is 5.13 Å². The summed E-state index contributed by atoms with van der Waals surface area (Å²) in [5, 5.41) is 5.53. The fraction of sp³-hybridized carbons (Fsp3) is 0.444. The monoisotopic (exact) mass is 346 g/mol. The molecule has 1 saturated carbocycles. The minimum Gasteiger partial charge on any atom is -0.497 e. The third-order valence-corrected chi connectivity index (χ3v) is 5.00. The van der Waals surface area contributed by atoms with Crippen molar-refractivity contribution < 1.29 is 14.3 Å². The van der Waals surface area contributed by atoms with Crippen LogP contribution in [0.3, 0.4) is 0 Å². The first kappa shape index (κ1) is 16.8. The zero-order valence-electron chi connectivity index (χ0n) is 13.8. The highest BCUT2D eigenvalue weighted by Crippen LogP contribution is 2.34. The third-order valence-electron chi connectivity index (χ3n) is 4.22. The van der Waals surface area contributed by atoms with Gasteiger partial charge in [0.1, 0.15) is 11.5 Å². The molecule has 1 fully saturated rings. The Kier molecular flexibility index (Phi) is 5.69. The minimum absolute atomic E-state index is 0.0370. The van der Waals surface area contributed by atoms with Gasteiger partial charge >= 0.3 is 0 Å². The molecule has 1 aliphatic carbocycles. The van der Waals surface area contributed by atoms with E-state index in [4.69, 9.17) is 9.47 Å². The van der Waals surface area contributed by atoms with E-state index >= 15 is 0 Å². The standard InChI is InChI=1S/C18H22N2O3S/c1-22-14-7-9-15(10-8-14)23-11-17(21)20-18-19-16(12-24-18)13-5-3-2-4-6-13/h7-10,12-13H,2-6,11H2,1H3,(H,19,20,21). The van der Waals surface area contributed by atoms with E-state index in [1.165, 1.54) is 43.4 Å². The number of carbonyl (C=O) groups is 1. The molecule has 0 aliphatic heterocycles. The summed E-state index contributed by atoms with van der Waals surface area (Å²) in [4.78, 5) is 16.6. The molecule has 0 radical (unpaired) electrons. The lowest BCUT2D eigenvalue weighted by atomic mass is 9.87. The van der Waals surface area contributed by atoms with E-state index in [0.717, 1.165) is 11.4 Å². The molecular weight excluding hydrogens is 324 g/mol. The fourth-order valence-corrected chi connectivity index (χ4v) is 3.71. The first-order valence-electron chi connectivity index (χ1n) is 8.27. The Bertz CT molecular complexity index is 663. The van der Waals surface area contributed by atoms with Gasteiger partial charge in [-0.3, -0.25) is 10.1 Å². The van der Waals surface area contributed by atoms with Gasteiger partial charge in [-0.05, 0) is 37.1 Å². The maximum absolute atomic E-state index is 12.0. The molecule has 2 aromatic rings. The number of benzene rings is 1. The Hall–Kier alpha value is -2.08. The lowest BCUT2D eigenvalue weighted by Gasteiger charge is -2.19. The number of carbonyl (C=O) groups excluding carboxylic acids is 1. The zero-order valence-corrected chi connectivity index (χ0v) is 14.6. The second-order valence-electron chi connectivity index (χ2n) is 5.92. The van der Waals surface area contributed by atoms with Crippen molar-refractivity contribution in [1.82, 2.24) is 4.98 Å². The first-order valence-corrected chi connectivity index (χ1v) is 9.14. The molecule has 24 heavy (non-hydrogen) atoms. The maximum Gasteiger partial charge on any atom is 0.264 e. The summed E-state index contributed by atoms with van der Waals surface area (Å²) >= 11 is 1.48. The summed E-state index contributed by atoms with van der Waals surface area (Å²) in [6.07, 6.45) is 6.29. The van der Waals surface area contributed by atoms with Crippen molar-refractivity contribution in [3.05, 3.63) is 35.3 Å². The van der Waals surface area contributed by atoms with E-state index in [9.17, 15) is 4.79 Å². The zero-order chi connectivity index (χ0) is 16.8. The first-order chi connectivity index (χ1) is 11.7. The molecule has 1 heterocycles. The molecule has 0 atom stereocenters. The van der Waals surface area contributed by atoms with Crippen LogP contribution in [0.15, 0.2) is 29.6 Å². The van der Waals surface area contributed by atoms with Gasteiger partial charge in [0.15, 0.2) is 11.7 Å². The molecule has 1 aliphatic rings. The van der Waals surface area contributed by atoms with Gasteiger partial charge in [-0.2, -0.15) is 0 Å². The second kappa shape index (κ2) is 8.15. The average molecular weight is 346 g/mol. The Labute approximate surface area is 146 Å². The third kappa shape index (κ3) is 4.47. The van der Waals surface area contributed by atoms with E-state index in [1.54, 1.807) is 31.4 Å². The summed E-state index contributed by atoms with van der Waals surface area (Å²) in [6, 6.07) is 7.14. The molecule has 1 amide bonds. The van der Waals surface area contributed by atoms with Crippen molar-refractivity contribution in [2.75, 3.05) is 19.0 Å². The Balaban J connectivity index is 1.48. The fourth-order valence-electron chi connectivity index (χ4n) is 2.91. The second-order valence-corrected chi connectivity index (χ2v) is 6.78. The quantitative estimate of drug-likeness (QED) is 0.851. The van der Waals surface area contributed by atoms with Crippen LogP contribution in [-0.4, -0.2) is 24.6 Å². The van der Waals surface area contributed by atoms with Crippen LogP contribution in [0.25, 0.3) is 0 Å². The molecule has 3 rings (SSSR count). The Morgan fingerprint density at radius 3 is 2.62 bits per heavy atom. The normalized spacial score (nSPS) is 15.0. The lowest BCUT2D eigenvalue weighted by molar-refractivity contribution is -0.118. The van der Waals surface area contributed by atoms with Crippen LogP contribution >= 0.6 is 11.3 Å². The highest BCUT2D eigenvalue weighted by molar-refractivity contribution is 7.13. The van der Waals surface area contributed by atoms with Gasteiger partial charge < -0.3 is 9.47 Å². The summed E-state index contributed by atoms with van der Waals surface area (Å²) in [6.45, 7) is -0.0370. The smallest absolute Gasteiger partial charge is 0.264 e. The molecular formula is C18H22N2O3S. The van der Waals surface area contributed by atoms with E-state index in [2.05, 4.69) is 15.7 Å². The topological polar surface area (TPSA) is 60.5 Å². The molecule has 0 spiro atoms. The number of amides is 1. The number of nitrogens with one attached hydrogen (secondary N) is 1. The van der Waals surface area contributed by atoms with Crippen LogP contribution < -0.4 is 14.8 Å². The molecule has 0 bridgehead atoms. The lowest BCUT2D eigenvalue weighted by Crippen LogP contribution is -2.20. The van der Waals surface area contributed by atoms with Gasteiger partial charge in [0.2, 0.25) is 0 Å². The van der Waals surface area contributed by atoms with Crippen molar-refractivity contribution in [2.24, 2.45) is 0 Å². The van der Waals surface area contributed by atoms with E-state index < -0.39 is 0 Å². The number of aromatic nitrogens is 1. The van der Waals surface area contributed by atoms with Gasteiger partial charge in [-0.25, -0.2) is 4.98 Å². The van der Waals surface area contributed by atoms with Crippen LogP contribution in [0.2, 0.25) is 0 Å². The average Bonchev–Trinajstić information content (AvgIpc) is 3.09. The number of methoxy groups -OCH3 is 1. The van der Waals surface area contributed by atoms with Gasteiger partial charge in [0.25, 0.3) is 5.91 Å². The van der Waals surface area contributed by atoms with Crippen molar-refractivity contribution >= 4 is 22.4 Å². The van der Waals surface area contributed by atoms with Gasteiger partial charge in [0, 0.05) is 11.3 Å². The van der Waals surface area contributed by atoms with Gasteiger partial charge in [-0.1, -0.05) is 19.3 Å². The maximum atomic E-state index is 12.0. The summed E-state index contributed by atoms with van der Waals surface area (Å²) in [5.41, 5.74) is 1.12. The van der Waals surface area contributed by atoms with E-state index in [1.807, 2.05) is 0 Å². The molecule has 0 unspecified atom stereocenters. The molecule has 1 N–H and O–H groups in total. The highest BCUT2D eigenvalue weighted by atomic mass is 32.1. The molecule has 5 nitrogen and oxygen atoms in total. The molecule has 0 saturated heterocycles. The Morgan fingerprint density at radius 1 is 1.21 bits per heavy atom. The summed E-state index contributed by atoms with van der Waals surface area (Å²) < 4.78 is 10.6. The SMILES string of the molecule is COc1ccc(OCC(=O)Nc2nc(C3CCCCC3)cs2)cc1. The number of thiazole rings is 1. The van der Waals surface area contributed by atoms with Crippen molar-refractivity contribution in [3.8, 4) is 11.5 Å². The molecule has 1 aromatic carbocycles. The van der Waals surface area contributed by atoms with E-state index in [-0.39, 0.29) is 12.5 Å². The van der Waals surface area contributed by atoms with Crippen LogP contribution in [0.1, 0.15) is 43.7 Å². The number of ether oxygens (including phenoxy) is 2. The number of hydrogen-bond donors (Lipinski definition) is 1. The molecule has 1 aromatic heterocycles. The molecule has 6 heteroatoms. The minimum atomic E-state index is -0.199. The number of hydrogen-bond acceptors (Lipinski definition) is 5. The van der Waals surface area contributed by atoms with Crippen LogP contribution in [-0.2, 0) is 4.79 Å². The molecule has 128 valence electrons.